The zero-order chi connectivity index (χ0) is 18.1. The fourth-order valence-corrected chi connectivity index (χ4v) is 3.09. The van der Waals surface area contributed by atoms with Crippen LogP contribution in [0.5, 0.6) is 0 Å². The predicted octanol–water partition coefficient (Wildman–Crippen LogP) is 2.60. The summed E-state index contributed by atoms with van der Waals surface area (Å²) in [7, 11) is 0. The molecule has 0 unspecified atom stereocenters. The van der Waals surface area contributed by atoms with Crippen molar-refractivity contribution in [3.05, 3.63) is 62.7 Å². The molecule has 0 saturated carbocycles. The molecule has 25 heavy (non-hydrogen) atoms. The van der Waals surface area contributed by atoms with Crippen LogP contribution in [0.25, 0.3) is 10.9 Å². The molecule has 1 amide bonds. The van der Waals surface area contributed by atoms with Crippen molar-refractivity contribution in [2.24, 2.45) is 0 Å². The van der Waals surface area contributed by atoms with Gasteiger partial charge in [0, 0.05) is 29.9 Å². The molecule has 0 atom stereocenters. The number of hydrogen-bond acceptors (Lipinski definition) is 3. The van der Waals surface area contributed by atoms with E-state index in [1.807, 2.05) is 52.0 Å². The number of aromatic amines is 1. The normalized spacial score (nSPS) is 11.0. The molecule has 6 heteroatoms. The van der Waals surface area contributed by atoms with Gasteiger partial charge in [-0.2, -0.15) is 5.10 Å². The molecule has 0 fully saturated rings. The third-order valence-electron chi connectivity index (χ3n) is 4.43. The molecule has 3 aromatic rings. The molecule has 0 radical (unpaired) electrons. The Morgan fingerprint density at radius 1 is 1.24 bits per heavy atom. The van der Waals surface area contributed by atoms with E-state index in [2.05, 4.69) is 15.4 Å². The van der Waals surface area contributed by atoms with Gasteiger partial charge in [-0.25, -0.2) is 0 Å². The van der Waals surface area contributed by atoms with Crippen molar-refractivity contribution < 1.29 is 4.79 Å². The first-order valence-corrected chi connectivity index (χ1v) is 8.35. The fraction of sp³-hybridized carbons (Fsp3) is 0.316. The summed E-state index contributed by atoms with van der Waals surface area (Å²) in [5.74, 6) is -0.210. The standard InChI is InChI=1S/C19H22N4O2/c1-5-23-13(4)17(12(3)22-23)19(25)20-10-15-9-14-7-6-11(2)8-16(14)21-18(15)24/h6-9H,5,10H2,1-4H3,(H,20,25)(H,21,24). The summed E-state index contributed by atoms with van der Waals surface area (Å²) in [5, 5.41) is 8.14. The zero-order valence-corrected chi connectivity index (χ0v) is 14.9. The second-order valence-electron chi connectivity index (χ2n) is 6.26. The molecule has 6 nitrogen and oxygen atoms in total. The van der Waals surface area contributed by atoms with Crippen molar-refractivity contribution >= 4 is 16.8 Å². The Morgan fingerprint density at radius 2 is 2.00 bits per heavy atom. The smallest absolute Gasteiger partial charge is 0.255 e. The van der Waals surface area contributed by atoms with Gasteiger partial charge >= 0.3 is 0 Å². The number of amides is 1. The lowest BCUT2D eigenvalue weighted by atomic mass is 10.1. The molecule has 0 aliphatic rings. The topological polar surface area (TPSA) is 79.8 Å². The second-order valence-corrected chi connectivity index (χ2v) is 6.26. The zero-order valence-electron chi connectivity index (χ0n) is 14.9. The highest BCUT2D eigenvalue weighted by atomic mass is 16.2. The summed E-state index contributed by atoms with van der Waals surface area (Å²) in [4.78, 5) is 27.7. The number of pyridine rings is 1. The van der Waals surface area contributed by atoms with E-state index >= 15 is 0 Å². The molecule has 2 aromatic heterocycles. The molecular weight excluding hydrogens is 316 g/mol. The first kappa shape index (κ1) is 17.0. The predicted molar refractivity (Wildman–Crippen MR) is 97.9 cm³/mol. The quantitative estimate of drug-likeness (QED) is 0.767. The number of H-pyrrole nitrogens is 1. The number of hydrogen-bond donors (Lipinski definition) is 2. The molecule has 0 aliphatic carbocycles. The van der Waals surface area contributed by atoms with Crippen LogP contribution in [0, 0.1) is 20.8 Å². The van der Waals surface area contributed by atoms with Gasteiger partial charge < -0.3 is 10.3 Å². The van der Waals surface area contributed by atoms with Crippen LogP contribution >= 0.6 is 0 Å². The van der Waals surface area contributed by atoms with Crippen LogP contribution in [0.1, 0.15) is 39.8 Å². The van der Waals surface area contributed by atoms with E-state index in [1.165, 1.54) is 0 Å². The van der Waals surface area contributed by atoms with Gasteiger partial charge in [0.25, 0.3) is 11.5 Å². The van der Waals surface area contributed by atoms with Crippen molar-refractivity contribution in [1.82, 2.24) is 20.1 Å². The van der Waals surface area contributed by atoms with E-state index in [1.54, 1.807) is 4.68 Å². The summed E-state index contributed by atoms with van der Waals surface area (Å²) in [6.45, 7) is 8.55. The Morgan fingerprint density at radius 3 is 2.68 bits per heavy atom. The molecule has 0 saturated heterocycles. The summed E-state index contributed by atoms with van der Waals surface area (Å²) < 4.78 is 1.80. The maximum Gasteiger partial charge on any atom is 0.255 e. The summed E-state index contributed by atoms with van der Waals surface area (Å²) >= 11 is 0. The Bertz CT molecular complexity index is 1010. The molecule has 0 bridgehead atoms. The number of nitrogens with zero attached hydrogens (tertiary/aromatic N) is 2. The number of rotatable bonds is 4. The summed E-state index contributed by atoms with van der Waals surface area (Å²) in [5.41, 5.74) is 4.34. The molecule has 1 aromatic carbocycles. The molecule has 130 valence electrons. The number of aryl methyl sites for hydroxylation is 3. The number of nitrogens with one attached hydrogen (secondary N) is 2. The monoisotopic (exact) mass is 338 g/mol. The van der Waals surface area contributed by atoms with E-state index in [0.29, 0.717) is 23.4 Å². The Hall–Kier alpha value is -2.89. The van der Waals surface area contributed by atoms with Gasteiger partial charge in [-0.1, -0.05) is 12.1 Å². The molecule has 3 rings (SSSR count). The van der Waals surface area contributed by atoms with Gasteiger partial charge in [-0.3, -0.25) is 14.3 Å². The molecule has 0 aliphatic heterocycles. The van der Waals surface area contributed by atoms with Gasteiger partial charge in [0.15, 0.2) is 0 Å². The lowest BCUT2D eigenvalue weighted by Crippen LogP contribution is -2.27. The summed E-state index contributed by atoms with van der Waals surface area (Å²) in [6, 6.07) is 7.72. The van der Waals surface area contributed by atoms with Crippen molar-refractivity contribution in [2.75, 3.05) is 0 Å². The highest BCUT2D eigenvalue weighted by Crippen LogP contribution is 2.15. The van der Waals surface area contributed by atoms with Crippen LogP contribution in [0.2, 0.25) is 0 Å². The van der Waals surface area contributed by atoms with Gasteiger partial charge in [-0.05, 0) is 50.8 Å². The number of aromatic nitrogens is 3. The van der Waals surface area contributed by atoms with Gasteiger partial charge in [-0.15, -0.1) is 0 Å². The first-order valence-electron chi connectivity index (χ1n) is 8.35. The average Bonchev–Trinajstić information content (AvgIpc) is 2.86. The van der Waals surface area contributed by atoms with E-state index in [0.717, 1.165) is 22.2 Å². The van der Waals surface area contributed by atoms with Crippen molar-refractivity contribution in [1.29, 1.82) is 0 Å². The fourth-order valence-electron chi connectivity index (χ4n) is 3.09. The van der Waals surface area contributed by atoms with E-state index in [-0.39, 0.29) is 18.0 Å². The van der Waals surface area contributed by atoms with Crippen LogP contribution in [0.4, 0.5) is 0 Å². The largest absolute Gasteiger partial charge is 0.348 e. The number of fused-ring (bicyclic) bond motifs is 1. The molecule has 2 N–H and O–H groups in total. The maximum absolute atomic E-state index is 12.5. The van der Waals surface area contributed by atoms with Crippen LogP contribution in [-0.4, -0.2) is 20.7 Å². The van der Waals surface area contributed by atoms with Crippen LogP contribution in [0.15, 0.2) is 29.1 Å². The lowest BCUT2D eigenvalue weighted by Gasteiger charge is -2.07. The highest BCUT2D eigenvalue weighted by Gasteiger charge is 2.18. The molecular formula is C19H22N4O2. The van der Waals surface area contributed by atoms with Crippen molar-refractivity contribution in [3.63, 3.8) is 0 Å². The number of carbonyl (C=O) groups excluding carboxylic acids is 1. The highest BCUT2D eigenvalue weighted by molar-refractivity contribution is 5.96. The van der Waals surface area contributed by atoms with Gasteiger partial charge in [0.2, 0.25) is 0 Å². The van der Waals surface area contributed by atoms with Crippen LogP contribution in [0.3, 0.4) is 0 Å². The Kier molecular flexibility index (Phi) is 4.44. The first-order chi connectivity index (χ1) is 11.9. The van der Waals surface area contributed by atoms with Gasteiger partial charge in [0.05, 0.1) is 11.3 Å². The van der Waals surface area contributed by atoms with E-state index in [4.69, 9.17) is 0 Å². The maximum atomic E-state index is 12.5. The van der Waals surface area contributed by atoms with E-state index < -0.39 is 0 Å². The molecule has 2 heterocycles. The minimum atomic E-state index is -0.210. The minimum absolute atomic E-state index is 0.175. The Labute approximate surface area is 145 Å². The lowest BCUT2D eigenvalue weighted by molar-refractivity contribution is 0.0949. The third kappa shape index (κ3) is 3.20. The summed E-state index contributed by atoms with van der Waals surface area (Å²) in [6.07, 6.45) is 0. The minimum Gasteiger partial charge on any atom is -0.348 e. The molecule has 0 spiro atoms. The van der Waals surface area contributed by atoms with Crippen molar-refractivity contribution in [2.45, 2.75) is 40.8 Å². The number of carbonyl (C=O) groups is 1. The van der Waals surface area contributed by atoms with Crippen molar-refractivity contribution in [3.8, 4) is 0 Å². The third-order valence-corrected chi connectivity index (χ3v) is 4.43. The average molecular weight is 338 g/mol. The number of benzene rings is 1. The van der Waals surface area contributed by atoms with Gasteiger partial charge in [0.1, 0.15) is 0 Å². The second kappa shape index (κ2) is 6.55. The van der Waals surface area contributed by atoms with Crippen LogP contribution in [-0.2, 0) is 13.1 Å². The Balaban J connectivity index is 1.84. The SMILES string of the molecule is CCn1nc(C)c(C(=O)NCc2cc3ccc(C)cc3[nH]c2=O)c1C. The van der Waals surface area contributed by atoms with E-state index in [9.17, 15) is 9.59 Å². The van der Waals surface area contributed by atoms with Crippen LogP contribution < -0.4 is 10.9 Å².